The molecule has 0 aliphatic rings. The van der Waals surface area contributed by atoms with Crippen molar-refractivity contribution in [3.63, 3.8) is 0 Å². The maximum atomic E-state index is 5.85. The number of likely N-dealkylation sites (N-methyl/N-ethyl adjacent to an activating group) is 1. The fraction of sp³-hybridized carbons (Fsp3) is 0.571. The molecule has 0 heterocycles. The quantitative estimate of drug-likeness (QED) is 0.796. The van der Waals surface area contributed by atoms with E-state index in [1.165, 1.54) is 5.56 Å². The highest BCUT2D eigenvalue weighted by molar-refractivity contribution is 5.35. The molecule has 0 spiro atoms. The van der Waals surface area contributed by atoms with Crippen LogP contribution in [0, 0.1) is 0 Å². The van der Waals surface area contributed by atoms with Crippen molar-refractivity contribution in [2.24, 2.45) is 0 Å². The van der Waals surface area contributed by atoms with Crippen molar-refractivity contribution < 1.29 is 4.74 Å². The second-order valence-corrected chi connectivity index (χ2v) is 4.35. The van der Waals surface area contributed by atoms with Crippen molar-refractivity contribution in [2.45, 2.75) is 39.2 Å². The van der Waals surface area contributed by atoms with Crippen LogP contribution in [0.2, 0.25) is 0 Å². The van der Waals surface area contributed by atoms with Crippen LogP contribution >= 0.6 is 0 Å². The minimum absolute atomic E-state index is 0.380. The normalized spacial score (nSPS) is 14.5. The van der Waals surface area contributed by atoms with Gasteiger partial charge in [-0.3, -0.25) is 0 Å². The van der Waals surface area contributed by atoms with Crippen LogP contribution in [-0.4, -0.2) is 19.7 Å². The van der Waals surface area contributed by atoms with Gasteiger partial charge in [-0.2, -0.15) is 0 Å². The molecule has 2 heteroatoms. The largest absolute Gasteiger partial charge is 0.492 e. The maximum Gasteiger partial charge on any atom is 0.122 e. The number of benzene rings is 1. The van der Waals surface area contributed by atoms with E-state index in [0.717, 1.165) is 12.2 Å². The van der Waals surface area contributed by atoms with Gasteiger partial charge in [0, 0.05) is 6.04 Å². The third-order valence-electron chi connectivity index (χ3n) is 3.04. The Bertz CT molecular complexity index is 311. The Morgan fingerprint density at radius 1 is 1.25 bits per heavy atom. The molecule has 0 fully saturated rings. The second-order valence-electron chi connectivity index (χ2n) is 4.35. The van der Waals surface area contributed by atoms with E-state index in [2.05, 4.69) is 44.3 Å². The SMILES string of the molecule is CCC(C)c1ccccc1OCC(C)NC. The zero-order chi connectivity index (χ0) is 12.0. The Hall–Kier alpha value is -1.02. The summed E-state index contributed by atoms with van der Waals surface area (Å²) in [4.78, 5) is 0. The maximum absolute atomic E-state index is 5.85. The summed E-state index contributed by atoms with van der Waals surface area (Å²) in [6.07, 6.45) is 1.14. The van der Waals surface area contributed by atoms with Gasteiger partial charge in [0.05, 0.1) is 0 Å². The highest BCUT2D eigenvalue weighted by Crippen LogP contribution is 2.28. The Balaban J connectivity index is 2.71. The van der Waals surface area contributed by atoms with Crippen molar-refractivity contribution in [1.82, 2.24) is 5.32 Å². The molecule has 0 aromatic heterocycles. The molecule has 2 nitrogen and oxygen atoms in total. The number of hydrogen-bond acceptors (Lipinski definition) is 2. The molecule has 2 unspecified atom stereocenters. The summed E-state index contributed by atoms with van der Waals surface area (Å²) in [5.74, 6) is 1.58. The van der Waals surface area contributed by atoms with Crippen molar-refractivity contribution in [1.29, 1.82) is 0 Å². The zero-order valence-electron chi connectivity index (χ0n) is 10.8. The third-order valence-corrected chi connectivity index (χ3v) is 3.04. The summed E-state index contributed by atoms with van der Waals surface area (Å²) in [6, 6.07) is 8.71. The standard InChI is InChI=1S/C14H23NO/c1-5-11(2)13-8-6-7-9-14(13)16-10-12(3)15-4/h6-9,11-12,15H,5,10H2,1-4H3. The van der Waals surface area contributed by atoms with Crippen LogP contribution in [0.3, 0.4) is 0 Å². The lowest BCUT2D eigenvalue weighted by molar-refractivity contribution is 0.276. The predicted octanol–water partition coefficient (Wildman–Crippen LogP) is 3.19. The first-order chi connectivity index (χ1) is 7.69. The molecule has 0 bridgehead atoms. The summed E-state index contributed by atoms with van der Waals surface area (Å²) in [7, 11) is 1.95. The van der Waals surface area contributed by atoms with E-state index >= 15 is 0 Å². The highest BCUT2D eigenvalue weighted by atomic mass is 16.5. The minimum Gasteiger partial charge on any atom is -0.492 e. The molecule has 0 radical (unpaired) electrons. The van der Waals surface area contributed by atoms with Crippen molar-refractivity contribution in [3.05, 3.63) is 29.8 Å². The van der Waals surface area contributed by atoms with E-state index in [9.17, 15) is 0 Å². The van der Waals surface area contributed by atoms with Gasteiger partial charge in [0.15, 0.2) is 0 Å². The number of rotatable bonds is 6. The predicted molar refractivity (Wildman–Crippen MR) is 69.2 cm³/mol. The molecule has 1 aromatic carbocycles. The first-order valence-corrected chi connectivity index (χ1v) is 6.08. The summed E-state index contributed by atoms with van der Waals surface area (Å²) in [6.45, 7) is 7.27. The Morgan fingerprint density at radius 3 is 2.56 bits per heavy atom. The molecular formula is C14H23NO. The van der Waals surface area contributed by atoms with Gasteiger partial charge in [-0.05, 0) is 37.9 Å². The summed E-state index contributed by atoms with van der Waals surface area (Å²) >= 11 is 0. The number of hydrogen-bond donors (Lipinski definition) is 1. The summed E-state index contributed by atoms with van der Waals surface area (Å²) in [5, 5.41) is 3.17. The Morgan fingerprint density at radius 2 is 1.94 bits per heavy atom. The minimum atomic E-state index is 0.380. The van der Waals surface area contributed by atoms with Crippen molar-refractivity contribution >= 4 is 0 Å². The van der Waals surface area contributed by atoms with E-state index in [0.29, 0.717) is 18.6 Å². The Kier molecular flexibility index (Phi) is 5.33. The van der Waals surface area contributed by atoms with Crippen LogP contribution < -0.4 is 10.1 Å². The molecule has 2 atom stereocenters. The topological polar surface area (TPSA) is 21.3 Å². The molecule has 0 aliphatic heterocycles. The lowest BCUT2D eigenvalue weighted by atomic mass is 9.98. The van der Waals surface area contributed by atoms with Crippen LogP contribution in [0.5, 0.6) is 5.75 Å². The number of ether oxygens (including phenoxy) is 1. The third kappa shape index (κ3) is 3.53. The smallest absolute Gasteiger partial charge is 0.122 e. The molecule has 16 heavy (non-hydrogen) atoms. The molecule has 1 N–H and O–H groups in total. The Labute approximate surface area is 99.0 Å². The van der Waals surface area contributed by atoms with Crippen LogP contribution in [0.4, 0.5) is 0 Å². The first-order valence-electron chi connectivity index (χ1n) is 6.08. The molecule has 0 saturated carbocycles. The average Bonchev–Trinajstić information content (AvgIpc) is 2.35. The number of nitrogens with one attached hydrogen (secondary N) is 1. The van der Waals surface area contributed by atoms with Gasteiger partial charge >= 0.3 is 0 Å². The molecule has 1 aromatic rings. The molecule has 1 rings (SSSR count). The molecule has 0 aliphatic carbocycles. The van der Waals surface area contributed by atoms with Gasteiger partial charge in [-0.15, -0.1) is 0 Å². The van der Waals surface area contributed by atoms with E-state index in [-0.39, 0.29) is 0 Å². The van der Waals surface area contributed by atoms with Crippen LogP contribution in [-0.2, 0) is 0 Å². The fourth-order valence-electron chi connectivity index (χ4n) is 1.54. The summed E-state index contributed by atoms with van der Waals surface area (Å²) in [5.41, 5.74) is 1.31. The van der Waals surface area contributed by atoms with Gasteiger partial charge in [0.2, 0.25) is 0 Å². The van der Waals surface area contributed by atoms with E-state index in [4.69, 9.17) is 4.74 Å². The zero-order valence-corrected chi connectivity index (χ0v) is 10.8. The van der Waals surface area contributed by atoms with Gasteiger partial charge in [-0.25, -0.2) is 0 Å². The van der Waals surface area contributed by atoms with Crippen LogP contribution in [0.25, 0.3) is 0 Å². The monoisotopic (exact) mass is 221 g/mol. The lowest BCUT2D eigenvalue weighted by Crippen LogP contribution is -2.28. The molecule has 0 amide bonds. The van der Waals surface area contributed by atoms with E-state index in [1.54, 1.807) is 0 Å². The average molecular weight is 221 g/mol. The van der Waals surface area contributed by atoms with Crippen LogP contribution in [0.1, 0.15) is 38.7 Å². The molecule has 0 saturated heterocycles. The first kappa shape index (κ1) is 13.0. The summed E-state index contributed by atoms with van der Waals surface area (Å²) < 4.78 is 5.85. The van der Waals surface area contributed by atoms with Crippen LogP contribution in [0.15, 0.2) is 24.3 Å². The van der Waals surface area contributed by atoms with Crippen molar-refractivity contribution in [2.75, 3.05) is 13.7 Å². The van der Waals surface area contributed by atoms with Gasteiger partial charge in [-0.1, -0.05) is 32.0 Å². The highest BCUT2D eigenvalue weighted by Gasteiger charge is 2.10. The number of para-hydroxylation sites is 1. The van der Waals surface area contributed by atoms with E-state index < -0.39 is 0 Å². The van der Waals surface area contributed by atoms with E-state index in [1.807, 2.05) is 13.1 Å². The van der Waals surface area contributed by atoms with Gasteiger partial charge in [0.25, 0.3) is 0 Å². The molecule has 90 valence electrons. The second kappa shape index (κ2) is 6.54. The van der Waals surface area contributed by atoms with Gasteiger partial charge in [0.1, 0.15) is 12.4 Å². The lowest BCUT2D eigenvalue weighted by Gasteiger charge is -2.17. The fourth-order valence-corrected chi connectivity index (χ4v) is 1.54. The molecular weight excluding hydrogens is 198 g/mol. The van der Waals surface area contributed by atoms with Gasteiger partial charge < -0.3 is 10.1 Å². The van der Waals surface area contributed by atoms with Crippen molar-refractivity contribution in [3.8, 4) is 5.75 Å².